The molecule has 1 aliphatic rings. The van der Waals surface area contributed by atoms with Crippen molar-refractivity contribution in [1.82, 2.24) is 10.3 Å². The van der Waals surface area contributed by atoms with Crippen LogP contribution < -0.4 is 20.1 Å². The largest absolute Gasteiger partial charge is 0.486 e. The molecule has 3 rings (SSSR count). The second kappa shape index (κ2) is 7.97. The summed E-state index contributed by atoms with van der Waals surface area (Å²) in [5, 5.41) is 4.54. The molecule has 1 aromatic carbocycles. The molecule has 2 heterocycles. The lowest BCUT2D eigenvalue weighted by Gasteiger charge is -2.19. The molecule has 0 bridgehead atoms. The van der Waals surface area contributed by atoms with E-state index in [9.17, 15) is 14.4 Å². The number of nitrogens with zero attached hydrogens (tertiary/aromatic N) is 1. The Bertz CT molecular complexity index is 825. The molecular weight excluding hydrogens is 342 g/mol. The highest BCUT2D eigenvalue weighted by Gasteiger charge is 2.15. The van der Waals surface area contributed by atoms with Crippen LogP contribution in [0.1, 0.15) is 10.5 Å². The van der Waals surface area contributed by atoms with E-state index in [1.807, 2.05) is 0 Å². The minimum absolute atomic E-state index is 0.0704. The lowest BCUT2D eigenvalue weighted by atomic mass is 10.2. The van der Waals surface area contributed by atoms with Gasteiger partial charge in [-0.25, -0.2) is 14.6 Å². The molecule has 9 nitrogen and oxygen atoms in total. The summed E-state index contributed by atoms with van der Waals surface area (Å²) in [4.78, 5) is 39.0. The molecule has 2 N–H and O–H groups in total. The number of carbonyl (C=O) groups is 3. The number of carbonyl (C=O) groups excluding carboxylic acids is 3. The lowest BCUT2D eigenvalue weighted by Crippen LogP contribution is -2.37. The monoisotopic (exact) mass is 357 g/mol. The van der Waals surface area contributed by atoms with Gasteiger partial charge in [0.15, 0.2) is 18.1 Å². The Morgan fingerprint density at radius 2 is 1.88 bits per heavy atom. The maximum absolute atomic E-state index is 11.8. The van der Waals surface area contributed by atoms with Crippen LogP contribution in [0.25, 0.3) is 0 Å². The predicted octanol–water partition coefficient (Wildman–Crippen LogP) is 1.36. The van der Waals surface area contributed by atoms with Gasteiger partial charge in [-0.2, -0.15) is 0 Å². The van der Waals surface area contributed by atoms with Crippen LogP contribution in [0.4, 0.5) is 10.5 Å². The highest BCUT2D eigenvalue weighted by Crippen LogP contribution is 2.32. The molecule has 2 aromatic rings. The summed E-state index contributed by atoms with van der Waals surface area (Å²) in [5.74, 6) is -0.443. The third kappa shape index (κ3) is 4.47. The molecule has 9 heteroatoms. The van der Waals surface area contributed by atoms with Gasteiger partial charge in [0.25, 0.3) is 5.91 Å². The van der Waals surface area contributed by atoms with Gasteiger partial charge in [0.1, 0.15) is 18.9 Å². The van der Waals surface area contributed by atoms with Crippen LogP contribution in [0.5, 0.6) is 11.5 Å². The first kappa shape index (κ1) is 17.2. The Labute approximate surface area is 148 Å². The fourth-order valence-electron chi connectivity index (χ4n) is 2.13. The van der Waals surface area contributed by atoms with Crippen LogP contribution in [0.3, 0.4) is 0 Å². The maximum atomic E-state index is 11.8. The number of fused-ring (bicyclic) bond motifs is 1. The number of anilines is 1. The fraction of sp³-hybridized carbons (Fsp3) is 0.176. The SMILES string of the molecule is O=C(COC(=O)c1ccccn1)NC(=O)Nc1ccc2c(c1)OCCO2. The molecule has 1 aliphatic heterocycles. The predicted molar refractivity (Wildman–Crippen MR) is 89.1 cm³/mol. The average Bonchev–Trinajstić information content (AvgIpc) is 2.66. The van der Waals surface area contributed by atoms with E-state index in [-0.39, 0.29) is 5.69 Å². The third-order valence-corrected chi connectivity index (χ3v) is 3.26. The standard InChI is InChI=1S/C17H15N3O6/c21-15(10-26-16(22)12-3-1-2-6-18-12)20-17(23)19-11-4-5-13-14(9-11)25-8-7-24-13/h1-6,9H,7-8,10H2,(H2,19,20,21,23). The number of ether oxygens (including phenoxy) is 3. The summed E-state index contributed by atoms with van der Waals surface area (Å²) in [7, 11) is 0. The van der Waals surface area contributed by atoms with Gasteiger partial charge in [-0.05, 0) is 24.3 Å². The minimum atomic E-state index is -0.774. The van der Waals surface area contributed by atoms with E-state index in [0.717, 1.165) is 0 Å². The van der Waals surface area contributed by atoms with E-state index in [4.69, 9.17) is 14.2 Å². The Kier molecular flexibility index (Phi) is 5.28. The van der Waals surface area contributed by atoms with Gasteiger partial charge in [0.05, 0.1) is 0 Å². The van der Waals surface area contributed by atoms with Crippen LogP contribution in [0, 0.1) is 0 Å². The van der Waals surface area contributed by atoms with Crippen LogP contribution in [0.15, 0.2) is 42.6 Å². The number of esters is 1. The van der Waals surface area contributed by atoms with Crippen molar-refractivity contribution in [3.05, 3.63) is 48.3 Å². The Balaban J connectivity index is 1.47. The summed E-state index contributed by atoms with van der Waals surface area (Å²) in [6.07, 6.45) is 1.43. The van der Waals surface area contributed by atoms with Gasteiger partial charge < -0.3 is 19.5 Å². The molecule has 1 aromatic heterocycles. The smallest absolute Gasteiger partial charge is 0.357 e. The molecule has 134 valence electrons. The number of nitrogens with one attached hydrogen (secondary N) is 2. The van der Waals surface area contributed by atoms with Crippen LogP contribution in [0.2, 0.25) is 0 Å². The first-order valence-electron chi connectivity index (χ1n) is 7.70. The normalized spacial score (nSPS) is 12.0. The molecule has 0 spiro atoms. The van der Waals surface area contributed by atoms with Gasteiger partial charge in [-0.3, -0.25) is 10.1 Å². The summed E-state index contributed by atoms with van der Waals surface area (Å²) in [5.41, 5.74) is 0.492. The highest BCUT2D eigenvalue weighted by atomic mass is 16.6. The van der Waals surface area contributed by atoms with Crippen molar-refractivity contribution in [3.8, 4) is 11.5 Å². The van der Waals surface area contributed by atoms with Gasteiger partial charge >= 0.3 is 12.0 Å². The first-order valence-corrected chi connectivity index (χ1v) is 7.70. The third-order valence-electron chi connectivity index (χ3n) is 3.26. The van der Waals surface area contributed by atoms with Crippen molar-refractivity contribution in [2.24, 2.45) is 0 Å². The quantitative estimate of drug-likeness (QED) is 0.794. The van der Waals surface area contributed by atoms with E-state index in [2.05, 4.69) is 15.6 Å². The molecule has 0 radical (unpaired) electrons. The first-order chi connectivity index (χ1) is 12.6. The summed E-state index contributed by atoms with van der Waals surface area (Å²) in [6.45, 7) is 0.277. The number of pyridine rings is 1. The summed E-state index contributed by atoms with van der Waals surface area (Å²) in [6, 6.07) is 8.80. The maximum Gasteiger partial charge on any atom is 0.357 e. The van der Waals surface area contributed by atoms with Crippen molar-refractivity contribution < 1.29 is 28.6 Å². The second-order valence-electron chi connectivity index (χ2n) is 5.15. The summed E-state index contributed by atoms with van der Waals surface area (Å²) >= 11 is 0. The van der Waals surface area contributed by atoms with E-state index >= 15 is 0 Å². The molecule has 0 saturated carbocycles. The van der Waals surface area contributed by atoms with Crippen LogP contribution in [-0.2, 0) is 9.53 Å². The van der Waals surface area contributed by atoms with Gasteiger partial charge in [-0.1, -0.05) is 6.07 Å². The highest BCUT2D eigenvalue weighted by molar-refractivity contribution is 6.02. The Morgan fingerprint density at radius 1 is 1.08 bits per heavy atom. The molecule has 0 unspecified atom stereocenters. The molecule has 0 aliphatic carbocycles. The van der Waals surface area contributed by atoms with E-state index in [0.29, 0.717) is 30.4 Å². The number of benzene rings is 1. The number of rotatable bonds is 4. The lowest BCUT2D eigenvalue weighted by molar-refractivity contribution is -0.123. The number of aromatic nitrogens is 1. The molecule has 26 heavy (non-hydrogen) atoms. The van der Waals surface area contributed by atoms with Crippen molar-refractivity contribution in [3.63, 3.8) is 0 Å². The Hall–Kier alpha value is -3.62. The van der Waals surface area contributed by atoms with Crippen molar-refractivity contribution in [2.75, 3.05) is 25.1 Å². The molecule has 3 amide bonds. The molecular formula is C17H15N3O6. The molecule has 0 saturated heterocycles. The number of imide groups is 1. The number of urea groups is 1. The van der Waals surface area contributed by atoms with Crippen LogP contribution >= 0.6 is 0 Å². The molecule has 0 fully saturated rings. The van der Waals surface area contributed by atoms with Crippen molar-refractivity contribution in [1.29, 1.82) is 0 Å². The zero-order valence-corrected chi connectivity index (χ0v) is 13.6. The second-order valence-corrected chi connectivity index (χ2v) is 5.15. The van der Waals surface area contributed by atoms with E-state index in [1.54, 1.807) is 30.3 Å². The van der Waals surface area contributed by atoms with Gasteiger partial charge in [0.2, 0.25) is 0 Å². The summed E-state index contributed by atoms with van der Waals surface area (Å²) < 4.78 is 15.6. The number of amides is 3. The minimum Gasteiger partial charge on any atom is -0.486 e. The fourth-order valence-corrected chi connectivity index (χ4v) is 2.13. The van der Waals surface area contributed by atoms with Gasteiger partial charge in [0, 0.05) is 18.0 Å². The van der Waals surface area contributed by atoms with Crippen LogP contribution in [-0.4, -0.2) is 42.7 Å². The number of hydrogen-bond donors (Lipinski definition) is 2. The van der Waals surface area contributed by atoms with Crippen molar-refractivity contribution >= 4 is 23.6 Å². The zero-order valence-electron chi connectivity index (χ0n) is 13.6. The molecule has 0 atom stereocenters. The van der Waals surface area contributed by atoms with E-state index in [1.165, 1.54) is 12.3 Å². The average molecular weight is 357 g/mol. The van der Waals surface area contributed by atoms with Crippen molar-refractivity contribution in [2.45, 2.75) is 0 Å². The Morgan fingerprint density at radius 3 is 2.65 bits per heavy atom. The van der Waals surface area contributed by atoms with E-state index < -0.39 is 24.5 Å². The number of hydrogen-bond acceptors (Lipinski definition) is 7. The topological polar surface area (TPSA) is 116 Å². The zero-order chi connectivity index (χ0) is 18.4. The van der Waals surface area contributed by atoms with Gasteiger partial charge in [-0.15, -0.1) is 0 Å².